The molecule has 2 heterocycles. The quantitative estimate of drug-likeness (QED) is 0.889. The van der Waals surface area contributed by atoms with Crippen LogP contribution in [0.1, 0.15) is 19.4 Å². The fraction of sp³-hybridized carbons (Fsp3) is 0.400. The van der Waals surface area contributed by atoms with E-state index in [0.717, 1.165) is 5.56 Å². The van der Waals surface area contributed by atoms with Gasteiger partial charge in [0.25, 0.3) is 0 Å². The van der Waals surface area contributed by atoms with E-state index in [-0.39, 0.29) is 24.9 Å². The molecule has 1 N–H and O–H groups in total. The Morgan fingerprint density at radius 1 is 1.29 bits per heavy atom. The molecule has 1 saturated heterocycles. The summed E-state index contributed by atoms with van der Waals surface area (Å²) in [7, 11) is 0. The summed E-state index contributed by atoms with van der Waals surface area (Å²) in [6.45, 7) is 2.37. The highest BCUT2D eigenvalue weighted by atomic mass is 35.5. The summed E-state index contributed by atoms with van der Waals surface area (Å²) >= 11 is 0. The number of likely N-dealkylation sites (tertiary alicyclic amines) is 1. The van der Waals surface area contributed by atoms with E-state index in [2.05, 4.69) is 15.4 Å². The molecule has 2 aromatic rings. The molecule has 24 heavy (non-hydrogen) atoms. The summed E-state index contributed by atoms with van der Waals surface area (Å²) in [4.78, 5) is 26.3. The van der Waals surface area contributed by atoms with E-state index < -0.39 is 17.9 Å². The van der Waals surface area contributed by atoms with Crippen LogP contribution < -0.4 is 0 Å². The zero-order chi connectivity index (χ0) is 16.4. The van der Waals surface area contributed by atoms with Crippen molar-refractivity contribution in [2.75, 3.05) is 13.1 Å². The second kappa shape index (κ2) is 7.39. The predicted octanol–water partition coefficient (Wildman–Crippen LogP) is 1.26. The van der Waals surface area contributed by atoms with E-state index in [1.54, 1.807) is 11.8 Å². The first-order chi connectivity index (χ1) is 11.1. The number of amides is 1. The van der Waals surface area contributed by atoms with Crippen molar-refractivity contribution in [2.24, 2.45) is 5.92 Å². The van der Waals surface area contributed by atoms with Gasteiger partial charge in [-0.1, -0.05) is 30.3 Å². The topological polar surface area (TPSA) is 101 Å². The maximum atomic E-state index is 12.5. The van der Waals surface area contributed by atoms with Gasteiger partial charge < -0.3 is 10.0 Å². The Labute approximate surface area is 144 Å². The fourth-order valence-electron chi connectivity index (χ4n) is 2.62. The van der Waals surface area contributed by atoms with E-state index in [1.165, 1.54) is 4.80 Å². The standard InChI is InChI=1S/C15H17N5O3.ClH/c1-10(14(21)19-8-7-12(9-19)15(22)23)20-17-13(16-18-20)11-5-3-2-4-6-11;/h2-6,10,12H,7-9H2,1H3,(H,22,23);1H. The summed E-state index contributed by atoms with van der Waals surface area (Å²) in [6.07, 6.45) is 0.480. The monoisotopic (exact) mass is 351 g/mol. The van der Waals surface area contributed by atoms with Crippen molar-refractivity contribution >= 4 is 24.3 Å². The van der Waals surface area contributed by atoms with Crippen LogP contribution in [0.4, 0.5) is 0 Å². The second-order valence-corrected chi connectivity index (χ2v) is 5.58. The zero-order valence-corrected chi connectivity index (χ0v) is 13.9. The van der Waals surface area contributed by atoms with Crippen molar-refractivity contribution in [3.05, 3.63) is 30.3 Å². The van der Waals surface area contributed by atoms with Gasteiger partial charge in [0.1, 0.15) is 6.04 Å². The largest absolute Gasteiger partial charge is 0.481 e. The average molecular weight is 352 g/mol. The van der Waals surface area contributed by atoms with Gasteiger partial charge in [0, 0.05) is 18.7 Å². The highest BCUT2D eigenvalue weighted by Crippen LogP contribution is 2.20. The SMILES string of the molecule is CC(C(=O)N1CCC(C(=O)O)C1)n1nnc(-c2ccccc2)n1.Cl. The van der Waals surface area contributed by atoms with Crippen molar-refractivity contribution in [3.63, 3.8) is 0 Å². The molecule has 9 heteroatoms. The number of aromatic nitrogens is 4. The summed E-state index contributed by atoms with van der Waals surface area (Å²) in [5.74, 6) is -1.09. The number of carbonyl (C=O) groups excluding carboxylic acids is 1. The van der Waals surface area contributed by atoms with Crippen LogP contribution in [0.5, 0.6) is 0 Å². The Bertz CT molecular complexity index is 721. The molecule has 0 bridgehead atoms. The van der Waals surface area contributed by atoms with Gasteiger partial charge in [0.05, 0.1) is 5.92 Å². The molecule has 0 radical (unpaired) electrons. The lowest BCUT2D eigenvalue weighted by Gasteiger charge is -2.19. The summed E-state index contributed by atoms with van der Waals surface area (Å²) in [6, 6.07) is 8.76. The molecule has 3 rings (SSSR count). The molecule has 8 nitrogen and oxygen atoms in total. The van der Waals surface area contributed by atoms with E-state index in [4.69, 9.17) is 5.11 Å². The van der Waals surface area contributed by atoms with Crippen LogP contribution in [0, 0.1) is 5.92 Å². The van der Waals surface area contributed by atoms with Crippen LogP contribution in [0.2, 0.25) is 0 Å². The second-order valence-electron chi connectivity index (χ2n) is 5.58. The molecule has 2 unspecified atom stereocenters. The predicted molar refractivity (Wildman–Crippen MR) is 87.5 cm³/mol. The van der Waals surface area contributed by atoms with Gasteiger partial charge in [-0.3, -0.25) is 9.59 Å². The molecule has 0 spiro atoms. The number of hydrogen-bond acceptors (Lipinski definition) is 5. The lowest BCUT2D eigenvalue weighted by Crippen LogP contribution is -2.36. The Hall–Kier alpha value is -2.48. The van der Waals surface area contributed by atoms with Crippen molar-refractivity contribution in [2.45, 2.75) is 19.4 Å². The Kier molecular flexibility index (Phi) is 5.50. The Morgan fingerprint density at radius 3 is 2.62 bits per heavy atom. The number of carbonyl (C=O) groups is 2. The molecular formula is C15H18ClN5O3. The van der Waals surface area contributed by atoms with Crippen molar-refractivity contribution in [1.82, 2.24) is 25.1 Å². The Balaban J connectivity index is 0.00000208. The number of hydrogen-bond donors (Lipinski definition) is 1. The molecule has 1 aromatic heterocycles. The third kappa shape index (κ3) is 3.53. The fourth-order valence-corrected chi connectivity index (χ4v) is 2.62. The summed E-state index contributed by atoms with van der Waals surface area (Å²) < 4.78 is 0. The lowest BCUT2D eigenvalue weighted by molar-refractivity contribution is -0.141. The number of aliphatic carboxylic acids is 1. The van der Waals surface area contributed by atoms with Crippen LogP contribution in [-0.4, -0.2) is 55.2 Å². The number of halogens is 1. The van der Waals surface area contributed by atoms with Gasteiger partial charge in [0.2, 0.25) is 11.7 Å². The average Bonchev–Trinajstić information content (AvgIpc) is 3.24. The van der Waals surface area contributed by atoms with Crippen molar-refractivity contribution in [1.29, 1.82) is 0 Å². The van der Waals surface area contributed by atoms with Crippen LogP contribution in [0.15, 0.2) is 30.3 Å². The highest BCUT2D eigenvalue weighted by molar-refractivity contribution is 5.85. The van der Waals surface area contributed by atoms with Crippen LogP contribution in [0.25, 0.3) is 11.4 Å². The minimum absolute atomic E-state index is 0. The number of tetrazole rings is 1. The van der Waals surface area contributed by atoms with Gasteiger partial charge in [-0.2, -0.15) is 4.80 Å². The maximum Gasteiger partial charge on any atom is 0.308 e. The molecule has 128 valence electrons. The molecule has 0 aliphatic carbocycles. The first-order valence-electron chi connectivity index (χ1n) is 7.43. The van der Waals surface area contributed by atoms with Crippen molar-refractivity contribution in [3.8, 4) is 11.4 Å². The first kappa shape index (κ1) is 17.9. The molecule has 1 aliphatic heterocycles. The summed E-state index contributed by atoms with van der Waals surface area (Å²) in [5, 5.41) is 21.2. The normalized spacial score (nSPS) is 18.0. The molecule has 0 saturated carbocycles. The van der Waals surface area contributed by atoms with Crippen LogP contribution in [0.3, 0.4) is 0 Å². The van der Waals surface area contributed by atoms with E-state index >= 15 is 0 Å². The van der Waals surface area contributed by atoms with Gasteiger partial charge in [-0.05, 0) is 18.6 Å². The first-order valence-corrected chi connectivity index (χ1v) is 7.43. The van der Waals surface area contributed by atoms with Gasteiger partial charge in [-0.25, -0.2) is 0 Å². The van der Waals surface area contributed by atoms with E-state index in [1.807, 2.05) is 30.3 Å². The number of carboxylic acids is 1. The zero-order valence-electron chi connectivity index (χ0n) is 13.1. The molecule has 1 aliphatic rings. The van der Waals surface area contributed by atoms with E-state index in [0.29, 0.717) is 18.8 Å². The molecule has 1 amide bonds. The minimum Gasteiger partial charge on any atom is -0.481 e. The third-order valence-corrected chi connectivity index (χ3v) is 4.01. The van der Waals surface area contributed by atoms with Gasteiger partial charge in [0.15, 0.2) is 0 Å². The lowest BCUT2D eigenvalue weighted by atomic mass is 10.1. The van der Waals surface area contributed by atoms with Crippen LogP contribution in [-0.2, 0) is 9.59 Å². The maximum absolute atomic E-state index is 12.5. The smallest absolute Gasteiger partial charge is 0.308 e. The highest BCUT2D eigenvalue weighted by Gasteiger charge is 2.33. The molecule has 2 atom stereocenters. The number of rotatable bonds is 4. The third-order valence-electron chi connectivity index (χ3n) is 4.01. The number of nitrogens with zero attached hydrogens (tertiary/aromatic N) is 5. The van der Waals surface area contributed by atoms with Crippen molar-refractivity contribution < 1.29 is 14.7 Å². The number of carboxylic acid groups (broad SMARTS) is 1. The Morgan fingerprint density at radius 2 is 2.00 bits per heavy atom. The molecular weight excluding hydrogens is 334 g/mol. The van der Waals surface area contributed by atoms with E-state index in [9.17, 15) is 9.59 Å². The minimum atomic E-state index is -0.863. The van der Waals surface area contributed by atoms with Gasteiger partial charge >= 0.3 is 5.97 Å². The molecule has 1 aromatic carbocycles. The van der Waals surface area contributed by atoms with Gasteiger partial charge in [-0.15, -0.1) is 22.6 Å². The molecule has 1 fully saturated rings. The van der Waals surface area contributed by atoms with Crippen LogP contribution >= 0.6 is 12.4 Å². The number of benzene rings is 1. The summed E-state index contributed by atoms with van der Waals surface area (Å²) in [5.41, 5.74) is 0.825.